The molecule has 1 fully saturated rings. The second-order valence-corrected chi connectivity index (χ2v) is 9.02. The van der Waals surface area contributed by atoms with Crippen LogP contribution in [0, 0.1) is 17.1 Å². The summed E-state index contributed by atoms with van der Waals surface area (Å²) in [5, 5.41) is 15.2. The van der Waals surface area contributed by atoms with Crippen molar-refractivity contribution in [1.29, 1.82) is 5.26 Å². The Morgan fingerprint density at radius 3 is 2.70 bits per heavy atom. The van der Waals surface area contributed by atoms with E-state index in [1.54, 1.807) is 12.1 Å². The Morgan fingerprint density at radius 2 is 2.03 bits per heavy atom. The Hall–Kier alpha value is -3.55. The van der Waals surface area contributed by atoms with E-state index < -0.39 is 0 Å². The van der Waals surface area contributed by atoms with Crippen molar-refractivity contribution in [2.75, 3.05) is 29.9 Å². The summed E-state index contributed by atoms with van der Waals surface area (Å²) >= 11 is 1.29. The fourth-order valence-electron chi connectivity index (χ4n) is 4.12. The molecule has 1 unspecified atom stereocenters. The van der Waals surface area contributed by atoms with Crippen LogP contribution in [-0.2, 0) is 6.42 Å². The van der Waals surface area contributed by atoms with Gasteiger partial charge in [0.2, 0.25) is 0 Å². The molecule has 1 aliphatic rings. The smallest absolute Gasteiger partial charge is 0.192 e. The molecule has 0 spiro atoms. The number of benzene rings is 1. The van der Waals surface area contributed by atoms with E-state index >= 15 is 0 Å². The first-order valence-corrected chi connectivity index (χ1v) is 11.6. The van der Waals surface area contributed by atoms with Crippen LogP contribution in [-0.4, -0.2) is 45.8 Å². The molecule has 10 heteroatoms. The average Bonchev–Trinajstić information content (AvgIpc) is 3.54. The Morgan fingerprint density at radius 1 is 1.24 bits per heavy atom. The van der Waals surface area contributed by atoms with Crippen LogP contribution in [0.4, 0.5) is 21.2 Å². The van der Waals surface area contributed by atoms with Gasteiger partial charge in [-0.15, -0.1) is 5.10 Å². The van der Waals surface area contributed by atoms with Crippen molar-refractivity contribution < 1.29 is 4.39 Å². The molecule has 5 rings (SSSR count). The zero-order chi connectivity index (χ0) is 23.1. The van der Waals surface area contributed by atoms with E-state index in [1.807, 2.05) is 35.5 Å². The second-order valence-electron chi connectivity index (χ2n) is 8.04. The molecule has 0 aliphatic carbocycles. The third kappa shape index (κ3) is 3.79. The number of nitriles is 1. The van der Waals surface area contributed by atoms with E-state index in [0.29, 0.717) is 27.7 Å². The lowest BCUT2D eigenvalue weighted by molar-refractivity contribution is 0.628. The monoisotopic (exact) mass is 462 g/mol. The fourth-order valence-corrected chi connectivity index (χ4v) is 4.97. The van der Waals surface area contributed by atoms with Gasteiger partial charge in [-0.1, -0.05) is 18.3 Å². The summed E-state index contributed by atoms with van der Waals surface area (Å²) in [4.78, 5) is 14.1. The predicted molar refractivity (Wildman–Crippen MR) is 127 cm³/mol. The molecule has 4 aromatic rings. The molecule has 168 valence electrons. The normalized spacial score (nSPS) is 15.8. The number of nitrogens with two attached hydrogens (primary N) is 1. The van der Waals surface area contributed by atoms with Crippen molar-refractivity contribution in [3.63, 3.8) is 0 Å². The first kappa shape index (κ1) is 21.3. The zero-order valence-electron chi connectivity index (χ0n) is 18.4. The fraction of sp³-hybridized carbons (Fsp3) is 0.304. The third-order valence-electron chi connectivity index (χ3n) is 5.83. The van der Waals surface area contributed by atoms with Crippen LogP contribution in [0.15, 0.2) is 36.4 Å². The molecule has 1 aromatic carbocycles. The second kappa shape index (κ2) is 8.42. The first-order valence-electron chi connectivity index (χ1n) is 10.8. The van der Waals surface area contributed by atoms with Crippen LogP contribution >= 0.6 is 11.3 Å². The molecule has 3 aromatic heterocycles. The van der Waals surface area contributed by atoms with Crippen molar-refractivity contribution in [3.8, 4) is 17.3 Å². The van der Waals surface area contributed by atoms with Gasteiger partial charge in [0.15, 0.2) is 16.6 Å². The molecule has 8 nitrogen and oxygen atoms in total. The maximum atomic E-state index is 13.4. The number of hydrogen-bond donors (Lipinski definition) is 1. The van der Waals surface area contributed by atoms with E-state index in [9.17, 15) is 9.65 Å². The van der Waals surface area contributed by atoms with Crippen LogP contribution in [0.1, 0.15) is 23.9 Å². The first-order chi connectivity index (χ1) is 16.0. The molecule has 0 amide bonds. The van der Waals surface area contributed by atoms with Crippen LogP contribution < -0.4 is 15.5 Å². The van der Waals surface area contributed by atoms with Crippen molar-refractivity contribution in [3.05, 3.63) is 52.8 Å². The highest BCUT2D eigenvalue weighted by Crippen LogP contribution is 2.36. The molecule has 4 heterocycles. The van der Waals surface area contributed by atoms with Gasteiger partial charge in [-0.05, 0) is 49.2 Å². The largest absolute Gasteiger partial charge is 0.354 e. The number of rotatable bonds is 5. The minimum absolute atomic E-state index is 0.156. The summed E-state index contributed by atoms with van der Waals surface area (Å²) < 4.78 is 15.2. The summed E-state index contributed by atoms with van der Waals surface area (Å²) in [5.74, 6) is 1.33. The van der Waals surface area contributed by atoms with Crippen molar-refractivity contribution in [2.24, 2.45) is 5.73 Å². The summed E-state index contributed by atoms with van der Waals surface area (Å²) in [6.45, 7) is 3.70. The minimum atomic E-state index is -0.330. The summed E-state index contributed by atoms with van der Waals surface area (Å²) in [7, 11) is 1.90. The summed E-state index contributed by atoms with van der Waals surface area (Å²) in [5.41, 5.74) is 8.96. The van der Waals surface area contributed by atoms with Gasteiger partial charge in [0, 0.05) is 31.7 Å². The van der Waals surface area contributed by atoms with Gasteiger partial charge in [0.25, 0.3) is 0 Å². The molecule has 2 N–H and O–H groups in total. The number of fused-ring (bicyclic) bond motifs is 1. The number of thiazole rings is 1. The van der Waals surface area contributed by atoms with E-state index in [2.05, 4.69) is 11.0 Å². The topological polar surface area (TPSA) is 99.4 Å². The summed E-state index contributed by atoms with van der Waals surface area (Å²) in [6.07, 6.45) is 1.66. The molecule has 0 saturated carbocycles. The van der Waals surface area contributed by atoms with Gasteiger partial charge in [-0.25, -0.2) is 14.4 Å². The van der Waals surface area contributed by atoms with Gasteiger partial charge in [0.05, 0.1) is 5.69 Å². The third-order valence-corrected chi connectivity index (χ3v) is 6.87. The number of hydrogen-bond acceptors (Lipinski definition) is 8. The minimum Gasteiger partial charge on any atom is -0.354 e. The summed E-state index contributed by atoms with van der Waals surface area (Å²) in [6, 6.07) is 12.3. The molecule has 1 aliphatic heterocycles. The molecule has 0 radical (unpaired) electrons. The van der Waals surface area contributed by atoms with Crippen molar-refractivity contribution in [1.82, 2.24) is 19.6 Å². The molecule has 33 heavy (non-hydrogen) atoms. The van der Waals surface area contributed by atoms with E-state index in [1.165, 1.54) is 23.5 Å². The van der Waals surface area contributed by atoms with Gasteiger partial charge >= 0.3 is 0 Å². The van der Waals surface area contributed by atoms with Gasteiger partial charge < -0.3 is 15.5 Å². The zero-order valence-corrected chi connectivity index (χ0v) is 19.2. The Bertz CT molecular complexity index is 1350. The number of aryl methyl sites for hydroxylation is 1. The van der Waals surface area contributed by atoms with Crippen LogP contribution in [0.5, 0.6) is 0 Å². The maximum absolute atomic E-state index is 13.4. The highest BCUT2D eigenvalue weighted by atomic mass is 32.1. The lowest BCUT2D eigenvalue weighted by Gasteiger charge is -2.19. The Balaban J connectivity index is 1.58. The number of nitrogens with zero attached hydrogens (tertiary/aromatic N) is 7. The average molecular weight is 463 g/mol. The van der Waals surface area contributed by atoms with Crippen molar-refractivity contribution in [2.45, 2.75) is 25.8 Å². The lowest BCUT2D eigenvalue weighted by Crippen LogP contribution is -2.27. The highest BCUT2D eigenvalue weighted by Gasteiger charge is 2.25. The predicted octanol–water partition coefficient (Wildman–Crippen LogP) is 3.73. The standard InChI is InChI=1S/C23H23FN8S/c1-3-17-22(32-19(27-17)8-9-20(29-32)31-11-10-16(26)13-31)30(2)23-28-21(18(12-25)33-23)14-4-6-15(24)7-5-14/h4-9,16H,3,10-11,13,26H2,1-2H3. The van der Waals surface area contributed by atoms with E-state index in [-0.39, 0.29) is 11.9 Å². The van der Waals surface area contributed by atoms with Gasteiger partial charge in [0.1, 0.15) is 28.3 Å². The number of halogens is 1. The molecule has 1 saturated heterocycles. The number of anilines is 3. The van der Waals surface area contributed by atoms with Crippen LogP contribution in [0.2, 0.25) is 0 Å². The lowest BCUT2D eigenvalue weighted by atomic mass is 10.1. The number of imidazole rings is 1. The Labute approximate surface area is 194 Å². The molecular weight excluding hydrogens is 439 g/mol. The number of aromatic nitrogens is 4. The van der Waals surface area contributed by atoms with Crippen LogP contribution in [0.25, 0.3) is 16.9 Å². The van der Waals surface area contributed by atoms with E-state index in [0.717, 1.165) is 42.5 Å². The van der Waals surface area contributed by atoms with Gasteiger partial charge in [-0.2, -0.15) is 9.78 Å². The quantitative estimate of drug-likeness (QED) is 0.482. The SMILES string of the molecule is CCc1nc2ccc(N3CCC(N)C3)nn2c1N(C)c1nc(-c2ccc(F)cc2)c(C#N)s1. The van der Waals surface area contributed by atoms with Crippen molar-refractivity contribution >= 4 is 33.8 Å². The van der Waals surface area contributed by atoms with E-state index in [4.69, 9.17) is 20.8 Å². The van der Waals surface area contributed by atoms with Crippen LogP contribution in [0.3, 0.4) is 0 Å². The van der Waals surface area contributed by atoms with Gasteiger partial charge in [-0.3, -0.25) is 0 Å². The Kier molecular flexibility index (Phi) is 5.44. The molecule has 1 atom stereocenters. The molecule has 0 bridgehead atoms. The maximum Gasteiger partial charge on any atom is 0.192 e. The molecular formula is C23H23FN8S. The highest BCUT2D eigenvalue weighted by molar-refractivity contribution is 7.16.